The molecule has 1 aliphatic heterocycles. The minimum absolute atomic E-state index is 0.0471. The maximum atomic E-state index is 12.4. The molecule has 0 aromatic heterocycles. The first-order valence-corrected chi connectivity index (χ1v) is 8.73. The van der Waals surface area contributed by atoms with Crippen LogP contribution in [0.1, 0.15) is 65.2 Å². The Hall–Kier alpha value is -1.10. The van der Waals surface area contributed by atoms with Crippen molar-refractivity contribution in [3.8, 4) is 0 Å². The Morgan fingerprint density at radius 3 is 2.41 bits per heavy atom. The number of likely N-dealkylation sites (tertiary alicyclic amines) is 1. The van der Waals surface area contributed by atoms with Gasteiger partial charge < -0.3 is 15.3 Å². The zero-order valence-corrected chi connectivity index (χ0v) is 13.9. The first-order chi connectivity index (χ1) is 10.4. The Kier molecular flexibility index (Phi) is 5.84. The standard InChI is InChI=1S/C17H30N2O3/c1-13(2)16(21)19-11-7-8-14(19)15(20)18-12-17(22)9-5-3-4-6-10-17/h13-14,22H,3-12H2,1-2H3,(H,18,20)/t14-/m0/s1. The van der Waals surface area contributed by atoms with Gasteiger partial charge in [0.25, 0.3) is 0 Å². The van der Waals surface area contributed by atoms with Crippen molar-refractivity contribution in [2.24, 2.45) is 5.92 Å². The fourth-order valence-electron chi connectivity index (χ4n) is 3.57. The lowest BCUT2D eigenvalue weighted by molar-refractivity contribution is -0.141. The van der Waals surface area contributed by atoms with Gasteiger partial charge in [0, 0.05) is 19.0 Å². The van der Waals surface area contributed by atoms with E-state index in [1.54, 1.807) is 4.90 Å². The Labute approximate surface area is 133 Å². The van der Waals surface area contributed by atoms with Gasteiger partial charge in [-0.3, -0.25) is 9.59 Å². The van der Waals surface area contributed by atoms with E-state index in [4.69, 9.17) is 0 Å². The Morgan fingerprint density at radius 1 is 1.18 bits per heavy atom. The van der Waals surface area contributed by atoms with Gasteiger partial charge in [-0.1, -0.05) is 39.5 Å². The van der Waals surface area contributed by atoms with Crippen molar-refractivity contribution >= 4 is 11.8 Å². The third kappa shape index (κ3) is 4.22. The van der Waals surface area contributed by atoms with Gasteiger partial charge in [-0.25, -0.2) is 0 Å². The summed E-state index contributed by atoms with van der Waals surface area (Å²) >= 11 is 0. The highest BCUT2D eigenvalue weighted by Gasteiger charge is 2.36. The molecule has 0 aromatic carbocycles. The highest BCUT2D eigenvalue weighted by molar-refractivity contribution is 5.88. The average molecular weight is 310 g/mol. The zero-order chi connectivity index (χ0) is 16.2. The first-order valence-electron chi connectivity index (χ1n) is 8.73. The Balaban J connectivity index is 1.89. The van der Waals surface area contributed by atoms with Gasteiger partial charge in [0.15, 0.2) is 0 Å². The third-order valence-electron chi connectivity index (χ3n) is 4.96. The van der Waals surface area contributed by atoms with Crippen molar-refractivity contribution in [1.29, 1.82) is 0 Å². The molecule has 2 amide bonds. The van der Waals surface area contributed by atoms with Gasteiger partial charge in [-0.2, -0.15) is 0 Å². The molecular weight excluding hydrogens is 280 g/mol. The van der Waals surface area contributed by atoms with Gasteiger partial charge in [0.05, 0.1) is 5.60 Å². The summed E-state index contributed by atoms with van der Waals surface area (Å²) in [5, 5.41) is 13.5. The number of nitrogens with one attached hydrogen (secondary N) is 1. The van der Waals surface area contributed by atoms with Crippen LogP contribution in [0.3, 0.4) is 0 Å². The topological polar surface area (TPSA) is 69.6 Å². The molecule has 126 valence electrons. The predicted octanol–water partition coefficient (Wildman–Crippen LogP) is 1.83. The number of rotatable bonds is 4. The predicted molar refractivity (Wildman–Crippen MR) is 85.2 cm³/mol. The molecule has 0 bridgehead atoms. The largest absolute Gasteiger partial charge is 0.388 e. The van der Waals surface area contributed by atoms with Crippen molar-refractivity contribution in [3.63, 3.8) is 0 Å². The van der Waals surface area contributed by atoms with Gasteiger partial charge in [-0.15, -0.1) is 0 Å². The molecule has 2 fully saturated rings. The molecule has 2 N–H and O–H groups in total. The quantitative estimate of drug-likeness (QED) is 0.778. The molecule has 1 saturated carbocycles. The van der Waals surface area contributed by atoms with Crippen molar-refractivity contribution < 1.29 is 14.7 Å². The Morgan fingerprint density at radius 2 is 1.82 bits per heavy atom. The van der Waals surface area contributed by atoms with Crippen LogP contribution < -0.4 is 5.32 Å². The summed E-state index contributed by atoms with van der Waals surface area (Å²) < 4.78 is 0. The molecule has 2 rings (SSSR count). The SMILES string of the molecule is CC(C)C(=O)N1CCC[C@H]1C(=O)NCC1(O)CCCCCC1. The number of carbonyl (C=O) groups is 2. The monoisotopic (exact) mass is 310 g/mol. The van der Waals surface area contributed by atoms with Crippen LogP contribution in [0.4, 0.5) is 0 Å². The second kappa shape index (κ2) is 7.44. The molecule has 5 heteroatoms. The van der Waals surface area contributed by atoms with E-state index in [1.807, 2.05) is 13.8 Å². The first kappa shape index (κ1) is 17.3. The molecule has 22 heavy (non-hydrogen) atoms. The number of nitrogens with zero attached hydrogens (tertiary/aromatic N) is 1. The van der Waals surface area contributed by atoms with E-state index < -0.39 is 5.60 Å². The van der Waals surface area contributed by atoms with Gasteiger partial charge in [-0.05, 0) is 25.7 Å². The minimum Gasteiger partial charge on any atom is -0.388 e. The normalized spacial score (nSPS) is 25.1. The van der Waals surface area contributed by atoms with Gasteiger partial charge in [0.1, 0.15) is 6.04 Å². The molecular formula is C17H30N2O3. The summed E-state index contributed by atoms with van der Waals surface area (Å²) in [5.41, 5.74) is -0.766. The zero-order valence-electron chi connectivity index (χ0n) is 13.9. The second-order valence-corrected chi connectivity index (χ2v) is 7.20. The van der Waals surface area contributed by atoms with Crippen LogP contribution >= 0.6 is 0 Å². The molecule has 2 aliphatic rings. The fourth-order valence-corrected chi connectivity index (χ4v) is 3.57. The lowest BCUT2D eigenvalue weighted by Crippen LogP contribution is -2.51. The van der Waals surface area contributed by atoms with E-state index in [-0.39, 0.29) is 23.8 Å². The van der Waals surface area contributed by atoms with Crippen molar-refractivity contribution in [2.45, 2.75) is 76.9 Å². The number of amides is 2. The maximum absolute atomic E-state index is 12.4. The summed E-state index contributed by atoms with van der Waals surface area (Å²) in [5.74, 6) is -0.144. The van der Waals surface area contributed by atoms with Crippen LogP contribution in [-0.4, -0.2) is 46.6 Å². The third-order valence-corrected chi connectivity index (χ3v) is 4.96. The lowest BCUT2D eigenvalue weighted by atomic mass is 9.94. The van der Waals surface area contributed by atoms with Crippen molar-refractivity contribution in [3.05, 3.63) is 0 Å². The van der Waals surface area contributed by atoms with Crippen LogP contribution in [-0.2, 0) is 9.59 Å². The fraction of sp³-hybridized carbons (Fsp3) is 0.882. The van der Waals surface area contributed by atoms with Gasteiger partial charge in [0.2, 0.25) is 11.8 Å². The Bertz CT molecular complexity index is 401. The van der Waals surface area contributed by atoms with E-state index in [9.17, 15) is 14.7 Å². The molecule has 0 unspecified atom stereocenters. The molecule has 0 aromatic rings. The molecule has 1 heterocycles. The maximum Gasteiger partial charge on any atom is 0.242 e. The summed E-state index contributed by atoms with van der Waals surface area (Å²) in [7, 11) is 0. The van der Waals surface area contributed by atoms with E-state index in [1.165, 1.54) is 0 Å². The van der Waals surface area contributed by atoms with Crippen LogP contribution in [0.15, 0.2) is 0 Å². The molecule has 1 aliphatic carbocycles. The van der Waals surface area contributed by atoms with Crippen LogP contribution in [0.25, 0.3) is 0 Å². The van der Waals surface area contributed by atoms with E-state index in [0.717, 1.165) is 51.4 Å². The van der Waals surface area contributed by atoms with E-state index in [0.29, 0.717) is 13.1 Å². The van der Waals surface area contributed by atoms with Crippen LogP contribution in [0, 0.1) is 5.92 Å². The second-order valence-electron chi connectivity index (χ2n) is 7.20. The van der Waals surface area contributed by atoms with Crippen molar-refractivity contribution in [2.75, 3.05) is 13.1 Å². The summed E-state index contributed by atoms with van der Waals surface area (Å²) in [4.78, 5) is 26.3. The number of carbonyl (C=O) groups excluding carboxylic acids is 2. The smallest absolute Gasteiger partial charge is 0.242 e. The van der Waals surface area contributed by atoms with E-state index in [2.05, 4.69) is 5.32 Å². The van der Waals surface area contributed by atoms with Gasteiger partial charge >= 0.3 is 0 Å². The van der Waals surface area contributed by atoms with Crippen LogP contribution in [0.5, 0.6) is 0 Å². The average Bonchev–Trinajstić information content (AvgIpc) is 2.87. The highest BCUT2D eigenvalue weighted by atomic mass is 16.3. The van der Waals surface area contributed by atoms with E-state index >= 15 is 0 Å². The highest BCUT2D eigenvalue weighted by Crippen LogP contribution is 2.27. The molecule has 0 spiro atoms. The minimum atomic E-state index is -0.766. The molecule has 0 radical (unpaired) electrons. The molecule has 1 atom stereocenters. The number of hydrogen-bond donors (Lipinski definition) is 2. The number of aliphatic hydroxyl groups is 1. The summed E-state index contributed by atoms with van der Waals surface area (Å²) in [6, 6.07) is -0.357. The lowest BCUT2D eigenvalue weighted by Gasteiger charge is -2.30. The summed E-state index contributed by atoms with van der Waals surface area (Å²) in [6.45, 7) is 4.71. The number of hydrogen-bond acceptors (Lipinski definition) is 3. The molecule has 5 nitrogen and oxygen atoms in total. The molecule has 1 saturated heterocycles. The van der Waals surface area contributed by atoms with Crippen molar-refractivity contribution in [1.82, 2.24) is 10.2 Å². The summed E-state index contributed by atoms with van der Waals surface area (Å²) in [6.07, 6.45) is 7.48. The van der Waals surface area contributed by atoms with Crippen LogP contribution in [0.2, 0.25) is 0 Å².